The lowest BCUT2D eigenvalue weighted by Crippen LogP contribution is -2.12. The molecule has 2 aromatic carbocycles. The molecule has 22 heavy (non-hydrogen) atoms. The summed E-state index contributed by atoms with van der Waals surface area (Å²) in [5, 5.41) is 0. The Kier molecular flexibility index (Phi) is 3.94. The average molecular weight is 358 g/mol. The molecule has 0 saturated carbocycles. The van der Waals surface area contributed by atoms with E-state index < -0.39 is 5.82 Å². The smallest absolute Gasteiger partial charge is 0.197 e. The second-order valence-corrected chi connectivity index (χ2v) is 5.99. The number of hydrogen-bond donors (Lipinski definition) is 0. The Balaban J connectivity index is 2.29. The maximum atomic E-state index is 14.1. The minimum atomic E-state index is -0.412. The molecule has 0 fully saturated rings. The van der Waals surface area contributed by atoms with Crippen molar-refractivity contribution in [1.29, 1.82) is 0 Å². The molecule has 110 valence electrons. The first-order chi connectivity index (χ1) is 10.6. The fourth-order valence-corrected chi connectivity index (χ4v) is 2.79. The van der Waals surface area contributed by atoms with Crippen LogP contribution >= 0.6 is 15.9 Å². The van der Waals surface area contributed by atoms with E-state index in [1.54, 1.807) is 29.1 Å². The Bertz CT molecular complexity index is 887. The lowest BCUT2D eigenvalue weighted by molar-refractivity contribution is 0.630. The second-order valence-electron chi connectivity index (χ2n) is 5.07. The molecule has 0 atom stereocenters. The number of benzene rings is 2. The van der Waals surface area contributed by atoms with Crippen molar-refractivity contribution in [2.75, 3.05) is 0 Å². The third kappa shape index (κ3) is 2.74. The molecule has 0 aliphatic heterocycles. The lowest BCUT2D eigenvalue weighted by atomic mass is 10.0. The molecule has 3 rings (SSSR count). The van der Waals surface area contributed by atoms with Gasteiger partial charge in [-0.25, -0.2) is 4.39 Å². The molecule has 0 spiro atoms. The summed E-state index contributed by atoms with van der Waals surface area (Å²) in [5.41, 5.74) is 1.84. The van der Waals surface area contributed by atoms with Crippen molar-refractivity contribution in [3.05, 3.63) is 81.4 Å². The van der Waals surface area contributed by atoms with Gasteiger partial charge in [0.1, 0.15) is 5.82 Å². The topological polar surface area (TPSA) is 22.0 Å². The standard InChI is InChI=1S/C18H13BrFNO/c1-21-10-15(12-5-3-2-4-6-12)18(22)16(11-21)14-9-13(19)7-8-17(14)20/h2-11H,1H3. The van der Waals surface area contributed by atoms with Crippen molar-refractivity contribution in [2.24, 2.45) is 7.05 Å². The maximum Gasteiger partial charge on any atom is 0.197 e. The van der Waals surface area contributed by atoms with Crippen LogP contribution in [0, 0.1) is 5.82 Å². The first-order valence-corrected chi connectivity index (χ1v) is 7.56. The van der Waals surface area contributed by atoms with E-state index in [1.165, 1.54) is 6.07 Å². The predicted octanol–water partition coefficient (Wildman–Crippen LogP) is 4.62. The van der Waals surface area contributed by atoms with E-state index in [9.17, 15) is 9.18 Å². The van der Waals surface area contributed by atoms with Gasteiger partial charge in [-0.1, -0.05) is 46.3 Å². The first kappa shape index (κ1) is 14.7. The van der Waals surface area contributed by atoms with Gasteiger partial charge in [0.05, 0.1) is 0 Å². The Morgan fingerprint density at radius 2 is 1.64 bits per heavy atom. The minimum absolute atomic E-state index is 0.179. The zero-order chi connectivity index (χ0) is 15.7. The van der Waals surface area contributed by atoms with Crippen LogP contribution in [0.15, 0.2) is 70.2 Å². The molecule has 0 radical (unpaired) electrons. The van der Waals surface area contributed by atoms with Crippen LogP contribution in [0.25, 0.3) is 22.3 Å². The minimum Gasteiger partial charge on any atom is -0.356 e. The SMILES string of the molecule is Cn1cc(-c2ccccc2)c(=O)c(-c2cc(Br)ccc2F)c1. The zero-order valence-corrected chi connectivity index (χ0v) is 13.5. The normalized spacial score (nSPS) is 10.7. The van der Waals surface area contributed by atoms with Crippen molar-refractivity contribution in [2.45, 2.75) is 0 Å². The summed E-state index contributed by atoms with van der Waals surface area (Å²) >= 11 is 3.32. The van der Waals surface area contributed by atoms with Gasteiger partial charge in [-0.15, -0.1) is 0 Å². The van der Waals surface area contributed by atoms with Crippen LogP contribution in [0.5, 0.6) is 0 Å². The van der Waals surface area contributed by atoms with Gasteiger partial charge in [0, 0.05) is 40.6 Å². The Morgan fingerprint density at radius 3 is 2.36 bits per heavy atom. The van der Waals surface area contributed by atoms with Gasteiger partial charge in [0.25, 0.3) is 0 Å². The van der Waals surface area contributed by atoms with Crippen LogP contribution in [0.2, 0.25) is 0 Å². The molecule has 0 aliphatic carbocycles. The molecule has 1 aromatic heterocycles. The van der Waals surface area contributed by atoms with Crippen molar-refractivity contribution >= 4 is 15.9 Å². The molecule has 0 saturated heterocycles. The van der Waals surface area contributed by atoms with E-state index in [0.29, 0.717) is 16.7 Å². The van der Waals surface area contributed by atoms with E-state index in [4.69, 9.17) is 0 Å². The number of aryl methyl sites for hydroxylation is 1. The van der Waals surface area contributed by atoms with Gasteiger partial charge in [-0.2, -0.15) is 0 Å². The van der Waals surface area contributed by atoms with Gasteiger partial charge in [0.15, 0.2) is 5.43 Å². The monoisotopic (exact) mass is 357 g/mol. The molecule has 0 amide bonds. The number of rotatable bonds is 2. The quantitative estimate of drug-likeness (QED) is 0.655. The Morgan fingerprint density at radius 1 is 0.955 bits per heavy atom. The number of halogens is 2. The third-order valence-corrected chi connectivity index (χ3v) is 3.95. The highest BCUT2D eigenvalue weighted by Gasteiger charge is 2.14. The van der Waals surface area contributed by atoms with Crippen molar-refractivity contribution in [3.63, 3.8) is 0 Å². The highest BCUT2D eigenvalue weighted by Crippen LogP contribution is 2.26. The predicted molar refractivity (Wildman–Crippen MR) is 90.2 cm³/mol. The Hall–Kier alpha value is -2.20. The largest absolute Gasteiger partial charge is 0.356 e. The summed E-state index contributed by atoms with van der Waals surface area (Å²) < 4.78 is 16.6. The zero-order valence-electron chi connectivity index (χ0n) is 11.9. The summed E-state index contributed by atoms with van der Waals surface area (Å²) in [4.78, 5) is 12.8. The molecule has 0 unspecified atom stereocenters. The summed E-state index contributed by atoms with van der Waals surface area (Å²) in [7, 11) is 1.82. The number of aromatic nitrogens is 1. The van der Waals surface area contributed by atoms with E-state index in [2.05, 4.69) is 15.9 Å². The third-order valence-electron chi connectivity index (χ3n) is 3.46. The maximum absolute atomic E-state index is 14.1. The molecule has 0 bridgehead atoms. The number of nitrogens with zero attached hydrogens (tertiary/aromatic N) is 1. The summed E-state index contributed by atoms with van der Waals surface area (Å²) in [6.45, 7) is 0. The highest BCUT2D eigenvalue weighted by molar-refractivity contribution is 9.10. The van der Waals surface area contributed by atoms with Crippen LogP contribution in [0.4, 0.5) is 4.39 Å². The fraction of sp³-hybridized carbons (Fsp3) is 0.0556. The van der Waals surface area contributed by atoms with Gasteiger partial charge in [-0.3, -0.25) is 4.79 Å². The van der Waals surface area contributed by atoms with Crippen LogP contribution in [-0.2, 0) is 7.05 Å². The second kappa shape index (κ2) is 5.89. The summed E-state index contributed by atoms with van der Waals surface area (Å²) in [6, 6.07) is 14.0. The van der Waals surface area contributed by atoms with Crippen molar-refractivity contribution in [1.82, 2.24) is 4.57 Å². The Labute approximate surface area is 136 Å². The number of pyridine rings is 1. The lowest BCUT2D eigenvalue weighted by Gasteiger charge is -2.10. The van der Waals surface area contributed by atoms with Crippen molar-refractivity contribution < 1.29 is 4.39 Å². The highest BCUT2D eigenvalue weighted by atomic mass is 79.9. The summed E-state index contributed by atoms with van der Waals surface area (Å²) in [6.07, 6.45) is 3.41. The van der Waals surface area contributed by atoms with Crippen molar-refractivity contribution in [3.8, 4) is 22.3 Å². The average Bonchev–Trinajstić information content (AvgIpc) is 2.52. The van der Waals surface area contributed by atoms with E-state index in [0.717, 1.165) is 10.0 Å². The molecule has 3 aromatic rings. The molecular weight excluding hydrogens is 345 g/mol. The van der Waals surface area contributed by atoms with Gasteiger partial charge >= 0.3 is 0 Å². The van der Waals surface area contributed by atoms with Crippen LogP contribution in [-0.4, -0.2) is 4.57 Å². The fourth-order valence-electron chi connectivity index (χ4n) is 2.43. The molecule has 0 N–H and O–H groups in total. The van der Waals surface area contributed by atoms with Gasteiger partial charge in [0.2, 0.25) is 0 Å². The molecule has 4 heteroatoms. The molecule has 2 nitrogen and oxygen atoms in total. The van der Waals surface area contributed by atoms with Crippen LogP contribution in [0.1, 0.15) is 0 Å². The van der Waals surface area contributed by atoms with Gasteiger partial charge in [-0.05, 0) is 23.8 Å². The molecule has 0 aliphatic rings. The molecular formula is C18H13BrFNO. The van der Waals surface area contributed by atoms with E-state index in [1.807, 2.05) is 37.4 Å². The van der Waals surface area contributed by atoms with Crippen LogP contribution < -0.4 is 5.43 Å². The summed E-state index contributed by atoms with van der Waals surface area (Å²) in [5.74, 6) is -0.412. The first-order valence-electron chi connectivity index (χ1n) is 6.77. The number of hydrogen-bond acceptors (Lipinski definition) is 1. The van der Waals surface area contributed by atoms with Crippen LogP contribution in [0.3, 0.4) is 0 Å². The van der Waals surface area contributed by atoms with Gasteiger partial charge < -0.3 is 4.57 Å². The molecule has 1 heterocycles. The van der Waals surface area contributed by atoms with E-state index in [-0.39, 0.29) is 5.43 Å². The van der Waals surface area contributed by atoms with E-state index >= 15 is 0 Å².